The topological polar surface area (TPSA) is 59.3 Å². The molecule has 8 heteroatoms. The van der Waals surface area contributed by atoms with E-state index in [9.17, 15) is 23.3 Å². The van der Waals surface area contributed by atoms with Crippen LogP contribution in [0.25, 0.3) is 0 Å². The molecular weight excluding hydrogens is 323 g/mol. The second-order valence-electron chi connectivity index (χ2n) is 5.68. The Kier molecular flexibility index (Phi) is 4.13. The number of pyridine rings is 1. The lowest BCUT2D eigenvalue weighted by Crippen LogP contribution is -2.19. The third-order valence-electron chi connectivity index (χ3n) is 4.18. The van der Waals surface area contributed by atoms with Gasteiger partial charge in [0.1, 0.15) is 0 Å². The Morgan fingerprint density at radius 2 is 1.88 bits per heavy atom. The maximum Gasteiger partial charge on any atom is 0.416 e. The fourth-order valence-electron chi connectivity index (χ4n) is 2.88. The summed E-state index contributed by atoms with van der Waals surface area (Å²) in [6.45, 7) is 1.37. The summed E-state index contributed by atoms with van der Waals surface area (Å²) in [5, 5.41) is 10.6. The maximum absolute atomic E-state index is 12.6. The summed E-state index contributed by atoms with van der Waals surface area (Å²) < 4.78 is 37.8. The Morgan fingerprint density at radius 1 is 1.17 bits per heavy atom. The molecule has 24 heavy (non-hydrogen) atoms. The third kappa shape index (κ3) is 3.32. The molecule has 1 aliphatic heterocycles. The smallest absolute Gasteiger partial charge is 0.368 e. The number of alkyl halides is 3. The number of nitro groups is 1. The lowest BCUT2D eigenvalue weighted by molar-refractivity contribution is -0.389. The highest BCUT2D eigenvalue weighted by Gasteiger charge is 2.31. The van der Waals surface area contributed by atoms with Crippen LogP contribution in [0.2, 0.25) is 0 Å². The predicted molar refractivity (Wildman–Crippen MR) is 81.9 cm³/mol. The van der Waals surface area contributed by atoms with Gasteiger partial charge in [0, 0.05) is 25.1 Å². The molecule has 3 rings (SSSR count). The quantitative estimate of drug-likeness (QED) is 0.627. The van der Waals surface area contributed by atoms with Gasteiger partial charge in [0.15, 0.2) is 6.20 Å². The lowest BCUT2D eigenvalue weighted by Gasteiger charge is -2.17. The Labute approximate surface area is 135 Å². The molecule has 0 saturated carbocycles. The zero-order valence-corrected chi connectivity index (χ0v) is 12.5. The van der Waals surface area contributed by atoms with Crippen molar-refractivity contribution in [2.24, 2.45) is 0 Å². The van der Waals surface area contributed by atoms with E-state index in [4.69, 9.17) is 0 Å². The minimum Gasteiger partial charge on any atom is -0.368 e. The van der Waals surface area contributed by atoms with Crippen molar-refractivity contribution in [3.63, 3.8) is 0 Å². The first-order valence-electron chi connectivity index (χ1n) is 7.37. The molecule has 5 nitrogen and oxygen atoms in total. The van der Waals surface area contributed by atoms with Crippen molar-refractivity contribution >= 4 is 11.5 Å². The molecule has 1 saturated heterocycles. The van der Waals surface area contributed by atoms with Crippen LogP contribution in [-0.2, 0) is 6.18 Å². The predicted octanol–water partition coefficient (Wildman–Crippen LogP) is 4.00. The van der Waals surface area contributed by atoms with Crippen molar-refractivity contribution in [1.29, 1.82) is 0 Å². The minimum absolute atomic E-state index is 0.127. The average molecular weight is 337 g/mol. The Morgan fingerprint density at radius 3 is 2.42 bits per heavy atom. The van der Waals surface area contributed by atoms with E-state index in [1.807, 2.05) is 4.90 Å². The van der Waals surface area contributed by atoms with Crippen LogP contribution in [0.15, 0.2) is 42.6 Å². The molecule has 0 radical (unpaired) electrons. The van der Waals surface area contributed by atoms with Gasteiger partial charge in [-0.3, -0.25) is 0 Å². The van der Waals surface area contributed by atoms with Gasteiger partial charge in [0.2, 0.25) is 0 Å². The largest absolute Gasteiger partial charge is 0.416 e. The van der Waals surface area contributed by atoms with Crippen molar-refractivity contribution in [3.05, 3.63) is 63.8 Å². The summed E-state index contributed by atoms with van der Waals surface area (Å²) in [7, 11) is 0. The van der Waals surface area contributed by atoms with Crippen LogP contribution in [0.5, 0.6) is 0 Å². The van der Waals surface area contributed by atoms with E-state index in [1.54, 1.807) is 6.07 Å². The van der Waals surface area contributed by atoms with Crippen LogP contribution < -0.4 is 4.90 Å². The molecule has 2 heterocycles. The molecule has 1 aromatic carbocycles. The van der Waals surface area contributed by atoms with E-state index in [-0.39, 0.29) is 11.7 Å². The fraction of sp³-hybridized carbons (Fsp3) is 0.312. The first-order chi connectivity index (χ1) is 11.3. The summed E-state index contributed by atoms with van der Waals surface area (Å²) in [6.07, 6.45) is -2.07. The van der Waals surface area contributed by atoms with Crippen LogP contribution in [0.3, 0.4) is 0 Å². The van der Waals surface area contributed by atoms with E-state index in [1.165, 1.54) is 24.4 Å². The third-order valence-corrected chi connectivity index (χ3v) is 4.18. The van der Waals surface area contributed by atoms with Crippen molar-refractivity contribution in [2.45, 2.75) is 18.5 Å². The summed E-state index contributed by atoms with van der Waals surface area (Å²) >= 11 is 0. The molecule has 126 valence electrons. The zero-order chi connectivity index (χ0) is 17.3. The highest BCUT2D eigenvalue weighted by Crippen LogP contribution is 2.34. The summed E-state index contributed by atoms with van der Waals surface area (Å²) in [4.78, 5) is 15.9. The molecule has 1 aliphatic rings. The summed E-state index contributed by atoms with van der Waals surface area (Å²) in [5.74, 6) is -0.0836. The van der Waals surface area contributed by atoms with Crippen LogP contribution in [0, 0.1) is 10.1 Å². The number of nitrogens with zero attached hydrogens (tertiary/aromatic N) is 3. The SMILES string of the molecule is O=[N+]([O-])c1ccc(N2CCC(c3ccc(C(F)(F)F)cc3)C2)cn1. The molecule has 0 spiro atoms. The van der Waals surface area contributed by atoms with E-state index in [0.29, 0.717) is 6.54 Å². The van der Waals surface area contributed by atoms with Gasteiger partial charge < -0.3 is 15.0 Å². The van der Waals surface area contributed by atoms with Crippen LogP contribution >= 0.6 is 0 Å². The fourth-order valence-corrected chi connectivity index (χ4v) is 2.88. The number of rotatable bonds is 3. The molecule has 1 fully saturated rings. The second-order valence-corrected chi connectivity index (χ2v) is 5.68. The first kappa shape index (κ1) is 16.2. The molecule has 1 unspecified atom stereocenters. The molecule has 0 aliphatic carbocycles. The van der Waals surface area contributed by atoms with Crippen LogP contribution in [0.4, 0.5) is 24.7 Å². The van der Waals surface area contributed by atoms with Crippen LogP contribution in [-0.4, -0.2) is 23.0 Å². The molecule has 0 bridgehead atoms. The van der Waals surface area contributed by atoms with Crippen molar-refractivity contribution in [3.8, 4) is 0 Å². The summed E-state index contributed by atoms with van der Waals surface area (Å²) in [6, 6.07) is 8.23. The monoisotopic (exact) mass is 337 g/mol. The van der Waals surface area contributed by atoms with Gasteiger partial charge in [-0.2, -0.15) is 13.2 Å². The van der Waals surface area contributed by atoms with Gasteiger partial charge in [0.05, 0.1) is 11.3 Å². The summed E-state index contributed by atoms with van der Waals surface area (Å²) in [5.41, 5.74) is 0.982. The highest BCUT2D eigenvalue weighted by atomic mass is 19.4. The van der Waals surface area contributed by atoms with Crippen molar-refractivity contribution in [2.75, 3.05) is 18.0 Å². The molecule has 0 N–H and O–H groups in total. The molecule has 1 atom stereocenters. The Bertz CT molecular complexity index is 730. The minimum atomic E-state index is -4.33. The Balaban J connectivity index is 1.70. The average Bonchev–Trinajstić information content (AvgIpc) is 3.04. The second kappa shape index (κ2) is 6.10. The molecule has 0 amide bonds. The number of hydrogen-bond donors (Lipinski definition) is 0. The Hall–Kier alpha value is -2.64. The number of benzene rings is 1. The maximum atomic E-state index is 12.6. The molecule has 1 aromatic heterocycles. The van der Waals surface area contributed by atoms with E-state index < -0.39 is 16.7 Å². The number of aromatic nitrogens is 1. The molecular formula is C16H14F3N3O2. The highest BCUT2D eigenvalue weighted by molar-refractivity contribution is 5.48. The first-order valence-corrected chi connectivity index (χ1v) is 7.37. The van der Waals surface area contributed by atoms with Gasteiger partial charge in [-0.1, -0.05) is 12.1 Å². The number of hydrogen-bond acceptors (Lipinski definition) is 4. The normalized spacial score (nSPS) is 18.0. The van der Waals surface area contributed by atoms with Gasteiger partial charge in [0.25, 0.3) is 0 Å². The van der Waals surface area contributed by atoms with Gasteiger partial charge >= 0.3 is 12.0 Å². The number of anilines is 1. The van der Waals surface area contributed by atoms with Crippen molar-refractivity contribution in [1.82, 2.24) is 4.98 Å². The van der Waals surface area contributed by atoms with E-state index >= 15 is 0 Å². The van der Waals surface area contributed by atoms with Crippen LogP contribution in [0.1, 0.15) is 23.5 Å². The van der Waals surface area contributed by atoms with Crippen molar-refractivity contribution < 1.29 is 18.1 Å². The molecule has 2 aromatic rings. The van der Waals surface area contributed by atoms with Gasteiger partial charge in [-0.15, -0.1) is 0 Å². The van der Waals surface area contributed by atoms with Gasteiger partial charge in [-0.25, -0.2) is 0 Å². The standard InChI is InChI=1S/C16H14F3N3O2/c17-16(18,19)13-3-1-11(2-4-13)12-7-8-21(10-12)14-5-6-15(20-9-14)22(23)24/h1-6,9,12H,7-8,10H2. The van der Waals surface area contributed by atoms with E-state index in [0.717, 1.165) is 36.3 Å². The zero-order valence-electron chi connectivity index (χ0n) is 12.5. The van der Waals surface area contributed by atoms with E-state index in [2.05, 4.69) is 4.98 Å². The lowest BCUT2D eigenvalue weighted by atomic mass is 9.97. The number of halogens is 3. The van der Waals surface area contributed by atoms with Gasteiger partial charge in [-0.05, 0) is 40.1 Å².